The van der Waals surface area contributed by atoms with E-state index in [9.17, 15) is 0 Å². The van der Waals surface area contributed by atoms with E-state index in [-0.39, 0.29) is 12.3 Å². The molecule has 0 spiro atoms. The highest BCUT2D eigenvalue weighted by Crippen LogP contribution is 2.48. The summed E-state index contributed by atoms with van der Waals surface area (Å²) < 4.78 is 12.0. The molecular formula is C21H18N2O2S. The molecule has 0 saturated carbocycles. The molecule has 0 amide bonds. The van der Waals surface area contributed by atoms with Crippen molar-refractivity contribution in [2.75, 3.05) is 7.11 Å². The third-order valence-corrected chi connectivity index (χ3v) is 5.83. The van der Waals surface area contributed by atoms with Gasteiger partial charge in [-0.2, -0.15) is 5.10 Å². The molecule has 0 bridgehead atoms. The van der Waals surface area contributed by atoms with E-state index >= 15 is 0 Å². The Bertz CT molecular complexity index is 968. The summed E-state index contributed by atoms with van der Waals surface area (Å²) >= 11 is 1.73. The monoisotopic (exact) mass is 362 g/mol. The molecule has 0 saturated heterocycles. The molecule has 5 heteroatoms. The van der Waals surface area contributed by atoms with Crippen LogP contribution in [0.4, 0.5) is 0 Å². The van der Waals surface area contributed by atoms with Crippen LogP contribution in [0.25, 0.3) is 0 Å². The Labute approximate surface area is 156 Å². The number of fused-ring (bicyclic) bond motifs is 3. The molecule has 130 valence electrons. The Balaban J connectivity index is 1.63. The van der Waals surface area contributed by atoms with Crippen LogP contribution in [0.15, 0.2) is 71.1 Å². The molecule has 0 aliphatic carbocycles. The minimum Gasteiger partial charge on any atom is -0.496 e. The predicted molar refractivity (Wildman–Crippen MR) is 103 cm³/mol. The average Bonchev–Trinajstić information content (AvgIpc) is 3.37. The number of hydrogen-bond acceptors (Lipinski definition) is 5. The van der Waals surface area contributed by atoms with E-state index in [4.69, 9.17) is 14.6 Å². The lowest BCUT2D eigenvalue weighted by molar-refractivity contribution is -0.0203. The van der Waals surface area contributed by atoms with Crippen LogP contribution in [-0.4, -0.2) is 17.8 Å². The Hall–Kier alpha value is -2.79. The Morgan fingerprint density at radius 1 is 1.04 bits per heavy atom. The fourth-order valence-corrected chi connectivity index (χ4v) is 4.42. The van der Waals surface area contributed by atoms with Crippen LogP contribution in [0.1, 0.15) is 34.7 Å². The van der Waals surface area contributed by atoms with Crippen LogP contribution in [-0.2, 0) is 0 Å². The fraction of sp³-hybridized carbons (Fsp3) is 0.190. The van der Waals surface area contributed by atoms with E-state index < -0.39 is 0 Å². The number of methoxy groups -OCH3 is 1. The smallest absolute Gasteiger partial charge is 0.217 e. The summed E-state index contributed by atoms with van der Waals surface area (Å²) in [6.45, 7) is 0. The van der Waals surface area contributed by atoms with Gasteiger partial charge in [-0.1, -0.05) is 36.4 Å². The fourth-order valence-electron chi connectivity index (χ4n) is 3.70. The summed E-state index contributed by atoms with van der Waals surface area (Å²) in [5.74, 6) is 1.74. The minimum atomic E-state index is -0.302. The zero-order valence-electron chi connectivity index (χ0n) is 14.3. The lowest BCUT2D eigenvalue weighted by Gasteiger charge is -2.38. The van der Waals surface area contributed by atoms with Gasteiger partial charge in [0.05, 0.1) is 29.3 Å². The van der Waals surface area contributed by atoms with Gasteiger partial charge in [-0.05, 0) is 29.6 Å². The summed E-state index contributed by atoms with van der Waals surface area (Å²) in [5.41, 5.74) is 3.30. The second kappa shape index (κ2) is 6.18. The first-order valence-corrected chi connectivity index (χ1v) is 9.51. The van der Waals surface area contributed by atoms with Crippen LogP contribution in [0.2, 0.25) is 0 Å². The highest BCUT2D eigenvalue weighted by molar-refractivity contribution is 7.12. The summed E-state index contributed by atoms with van der Waals surface area (Å²) in [4.78, 5) is 1.22. The maximum Gasteiger partial charge on any atom is 0.217 e. The number of ether oxygens (including phenoxy) is 2. The molecular weight excluding hydrogens is 344 g/mol. The highest BCUT2D eigenvalue weighted by Gasteiger charge is 2.41. The second-order valence-corrected chi connectivity index (χ2v) is 7.32. The number of benzene rings is 2. The lowest BCUT2D eigenvalue weighted by atomic mass is 9.97. The summed E-state index contributed by atoms with van der Waals surface area (Å²) in [5, 5.41) is 9.15. The molecule has 2 atom stereocenters. The van der Waals surface area contributed by atoms with Gasteiger partial charge in [0.25, 0.3) is 0 Å². The Morgan fingerprint density at radius 3 is 2.65 bits per heavy atom. The summed E-state index contributed by atoms with van der Waals surface area (Å²) in [6, 6.07) is 20.6. The van der Waals surface area contributed by atoms with E-state index in [2.05, 4.69) is 34.7 Å². The molecule has 3 aromatic rings. The second-order valence-electron chi connectivity index (χ2n) is 6.37. The largest absolute Gasteiger partial charge is 0.496 e. The Kier molecular flexibility index (Phi) is 3.68. The molecule has 0 fully saturated rings. The molecule has 2 unspecified atom stereocenters. The van der Waals surface area contributed by atoms with Gasteiger partial charge in [-0.15, -0.1) is 11.3 Å². The molecule has 26 heavy (non-hydrogen) atoms. The molecule has 5 rings (SSSR count). The van der Waals surface area contributed by atoms with Crippen LogP contribution < -0.4 is 9.47 Å². The highest BCUT2D eigenvalue weighted by atomic mass is 32.1. The Morgan fingerprint density at radius 2 is 1.85 bits per heavy atom. The first-order valence-electron chi connectivity index (χ1n) is 8.63. The van der Waals surface area contributed by atoms with Crippen molar-refractivity contribution in [3.05, 3.63) is 82.0 Å². The van der Waals surface area contributed by atoms with Gasteiger partial charge in [-0.25, -0.2) is 5.01 Å². The van der Waals surface area contributed by atoms with Crippen molar-refractivity contribution in [2.24, 2.45) is 5.10 Å². The maximum absolute atomic E-state index is 6.38. The van der Waals surface area contributed by atoms with E-state index in [1.165, 1.54) is 10.4 Å². The maximum atomic E-state index is 6.38. The minimum absolute atomic E-state index is 0.173. The van der Waals surface area contributed by atoms with Crippen LogP contribution in [0.3, 0.4) is 0 Å². The lowest BCUT2D eigenvalue weighted by Crippen LogP contribution is -2.33. The van der Waals surface area contributed by atoms with Crippen LogP contribution in [0, 0.1) is 0 Å². The third-order valence-electron chi connectivity index (χ3n) is 4.91. The quantitative estimate of drug-likeness (QED) is 0.658. The van der Waals surface area contributed by atoms with Crippen molar-refractivity contribution in [1.29, 1.82) is 0 Å². The van der Waals surface area contributed by atoms with E-state index in [1.54, 1.807) is 18.4 Å². The zero-order valence-corrected chi connectivity index (χ0v) is 15.1. The van der Waals surface area contributed by atoms with Gasteiger partial charge < -0.3 is 9.47 Å². The predicted octanol–water partition coefficient (Wildman–Crippen LogP) is 5.00. The normalized spacial score (nSPS) is 20.8. The van der Waals surface area contributed by atoms with Crippen LogP contribution >= 0.6 is 11.3 Å². The average molecular weight is 362 g/mol. The summed E-state index contributed by atoms with van der Waals surface area (Å²) in [6.07, 6.45) is 0.579. The van der Waals surface area contributed by atoms with Gasteiger partial charge in [0.15, 0.2) is 0 Å². The van der Waals surface area contributed by atoms with Crippen molar-refractivity contribution < 1.29 is 9.47 Å². The number of rotatable bonds is 3. The molecule has 2 aliphatic rings. The number of thiophene rings is 1. The zero-order chi connectivity index (χ0) is 17.5. The first-order chi connectivity index (χ1) is 12.8. The molecule has 1 aromatic heterocycles. The molecule has 2 aliphatic heterocycles. The van der Waals surface area contributed by atoms with Crippen LogP contribution in [0.5, 0.6) is 11.5 Å². The van der Waals surface area contributed by atoms with Crippen molar-refractivity contribution in [3.8, 4) is 11.5 Å². The number of para-hydroxylation sites is 2. The topological polar surface area (TPSA) is 34.1 Å². The van der Waals surface area contributed by atoms with Crippen molar-refractivity contribution in [3.63, 3.8) is 0 Å². The number of hydrazone groups is 1. The van der Waals surface area contributed by atoms with E-state index in [0.29, 0.717) is 0 Å². The molecule has 4 nitrogen and oxygen atoms in total. The molecule has 2 aromatic carbocycles. The third kappa shape index (κ3) is 2.39. The number of hydrogen-bond donors (Lipinski definition) is 0. The van der Waals surface area contributed by atoms with Gasteiger partial charge in [0.1, 0.15) is 11.5 Å². The molecule has 0 radical (unpaired) electrons. The van der Waals surface area contributed by atoms with Gasteiger partial charge in [0, 0.05) is 12.0 Å². The van der Waals surface area contributed by atoms with Crippen molar-refractivity contribution in [2.45, 2.75) is 18.7 Å². The van der Waals surface area contributed by atoms with E-state index in [0.717, 1.165) is 29.2 Å². The van der Waals surface area contributed by atoms with Gasteiger partial charge >= 0.3 is 0 Å². The van der Waals surface area contributed by atoms with Crippen molar-refractivity contribution >= 4 is 17.0 Å². The van der Waals surface area contributed by atoms with E-state index in [1.807, 2.05) is 36.4 Å². The summed E-state index contributed by atoms with van der Waals surface area (Å²) in [7, 11) is 1.69. The van der Waals surface area contributed by atoms with Gasteiger partial charge in [0.2, 0.25) is 6.23 Å². The molecule has 3 heterocycles. The SMILES string of the molecule is COc1ccccc1C1Oc2ccccc2C2CC(c3cccs3)=NN21. The standard InChI is InChI=1S/C21H18N2O2S/c1-24-18-9-4-3-8-15(18)21-23-17(14-7-2-5-10-19(14)25-21)13-16(22-23)20-11-6-12-26-20/h2-12,17,21H,13H2,1H3. The van der Waals surface area contributed by atoms with Gasteiger partial charge in [-0.3, -0.25) is 0 Å². The number of nitrogens with zero attached hydrogens (tertiary/aromatic N) is 2. The molecule has 0 N–H and O–H groups in total. The first kappa shape index (κ1) is 15.5. The van der Waals surface area contributed by atoms with Crippen molar-refractivity contribution in [1.82, 2.24) is 5.01 Å².